The molecule has 33 heavy (non-hydrogen) atoms. The zero-order valence-electron chi connectivity index (χ0n) is 17.8. The van der Waals surface area contributed by atoms with E-state index in [1.165, 1.54) is 59.6 Å². The fourth-order valence-electron chi connectivity index (χ4n) is 5.31. The van der Waals surface area contributed by atoms with Gasteiger partial charge < -0.3 is 0 Å². The zero-order valence-corrected chi connectivity index (χ0v) is 18.6. The van der Waals surface area contributed by atoms with Gasteiger partial charge in [0.05, 0.1) is 0 Å². The molecule has 0 saturated heterocycles. The Kier molecular flexibility index (Phi) is 4.00. The Labute approximate surface area is 196 Å². The minimum atomic E-state index is 0.768. The van der Waals surface area contributed by atoms with Crippen molar-refractivity contribution in [2.75, 3.05) is 0 Å². The molecule has 0 fully saturated rings. The van der Waals surface area contributed by atoms with Crippen molar-refractivity contribution < 1.29 is 0 Å². The number of benzene rings is 7. The van der Waals surface area contributed by atoms with Crippen molar-refractivity contribution in [2.45, 2.75) is 0 Å². The van der Waals surface area contributed by atoms with E-state index in [1.807, 2.05) is 12.1 Å². The second-order valence-corrected chi connectivity index (χ2v) is 9.16. The highest BCUT2D eigenvalue weighted by molar-refractivity contribution is 6.31. The lowest BCUT2D eigenvalue weighted by molar-refractivity contribution is 1.70. The first-order valence-electron chi connectivity index (χ1n) is 11.2. The topological polar surface area (TPSA) is 0 Å². The van der Waals surface area contributed by atoms with Crippen LogP contribution in [-0.2, 0) is 0 Å². The molecule has 0 radical (unpaired) electrons. The molecular weight excluding hydrogens is 420 g/mol. The van der Waals surface area contributed by atoms with E-state index in [9.17, 15) is 0 Å². The van der Waals surface area contributed by atoms with E-state index >= 15 is 0 Å². The van der Waals surface area contributed by atoms with Crippen molar-refractivity contribution in [3.8, 4) is 11.1 Å². The fourth-order valence-corrected chi connectivity index (χ4v) is 5.49. The maximum atomic E-state index is 6.22. The lowest BCUT2D eigenvalue weighted by Crippen LogP contribution is -1.88. The molecule has 0 aliphatic rings. The van der Waals surface area contributed by atoms with Crippen molar-refractivity contribution in [1.82, 2.24) is 0 Å². The molecule has 1 heteroatoms. The predicted octanol–water partition coefficient (Wildman–Crippen LogP) is 9.77. The van der Waals surface area contributed by atoms with Crippen LogP contribution in [0.1, 0.15) is 0 Å². The summed E-state index contributed by atoms with van der Waals surface area (Å²) in [7, 11) is 0. The molecule has 0 N–H and O–H groups in total. The molecule has 154 valence electrons. The summed E-state index contributed by atoms with van der Waals surface area (Å²) in [5.74, 6) is 0. The summed E-state index contributed by atoms with van der Waals surface area (Å²) >= 11 is 6.22. The summed E-state index contributed by atoms with van der Waals surface area (Å²) in [5, 5.41) is 13.5. The highest BCUT2D eigenvalue weighted by Crippen LogP contribution is 2.41. The zero-order chi connectivity index (χ0) is 21.9. The first kappa shape index (κ1) is 18.7. The van der Waals surface area contributed by atoms with Gasteiger partial charge in [0.25, 0.3) is 0 Å². The van der Waals surface area contributed by atoms with Crippen LogP contribution in [0.25, 0.3) is 65.0 Å². The van der Waals surface area contributed by atoms with Gasteiger partial charge in [-0.1, -0.05) is 103 Å². The Morgan fingerprint density at radius 2 is 1.03 bits per heavy atom. The molecule has 0 atom stereocenters. The Balaban J connectivity index is 1.68. The predicted molar refractivity (Wildman–Crippen MR) is 144 cm³/mol. The molecule has 0 aliphatic heterocycles. The Morgan fingerprint density at radius 1 is 0.394 bits per heavy atom. The third-order valence-electron chi connectivity index (χ3n) is 6.84. The third-order valence-corrected chi connectivity index (χ3v) is 7.08. The van der Waals surface area contributed by atoms with Gasteiger partial charge in [0.2, 0.25) is 0 Å². The van der Waals surface area contributed by atoms with E-state index in [0.717, 1.165) is 10.4 Å². The molecule has 0 heterocycles. The van der Waals surface area contributed by atoms with Crippen LogP contribution in [0, 0.1) is 0 Å². The maximum Gasteiger partial charge on any atom is 0.0412 e. The molecule has 0 aliphatic carbocycles. The third kappa shape index (κ3) is 2.85. The molecule has 0 saturated carbocycles. The van der Waals surface area contributed by atoms with Gasteiger partial charge in [0.15, 0.2) is 0 Å². The van der Waals surface area contributed by atoms with Gasteiger partial charge in [-0.25, -0.2) is 0 Å². The van der Waals surface area contributed by atoms with Crippen molar-refractivity contribution in [3.63, 3.8) is 0 Å². The first-order chi connectivity index (χ1) is 16.3. The van der Waals surface area contributed by atoms with Crippen molar-refractivity contribution in [3.05, 3.63) is 120 Å². The minimum Gasteiger partial charge on any atom is -0.0843 e. The summed E-state index contributed by atoms with van der Waals surface area (Å²) in [4.78, 5) is 0. The SMILES string of the molecule is Clc1ccc2cc(-c3cc4ccccc4c4c3ccc3ccc5ccccc5c34)ccc2c1. The van der Waals surface area contributed by atoms with Gasteiger partial charge in [-0.3, -0.25) is 0 Å². The van der Waals surface area contributed by atoms with E-state index in [1.54, 1.807) is 0 Å². The van der Waals surface area contributed by atoms with Crippen LogP contribution in [0.5, 0.6) is 0 Å². The van der Waals surface area contributed by atoms with Gasteiger partial charge >= 0.3 is 0 Å². The minimum absolute atomic E-state index is 0.768. The van der Waals surface area contributed by atoms with Gasteiger partial charge in [0, 0.05) is 5.02 Å². The second kappa shape index (κ2) is 7.07. The molecule has 0 spiro atoms. The molecule has 0 amide bonds. The second-order valence-electron chi connectivity index (χ2n) is 8.72. The highest BCUT2D eigenvalue weighted by atomic mass is 35.5. The molecule has 0 aromatic heterocycles. The van der Waals surface area contributed by atoms with Crippen LogP contribution in [-0.4, -0.2) is 0 Å². The quantitative estimate of drug-likeness (QED) is 0.224. The number of halogens is 1. The molecule has 0 unspecified atom stereocenters. The lowest BCUT2D eigenvalue weighted by Gasteiger charge is -2.15. The van der Waals surface area contributed by atoms with Crippen molar-refractivity contribution in [2.24, 2.45) is 0 Å². The highest BCUT2D eigenvalue weighted by Gasteiger charge is 2.13. The summed E-state index contributed by atoms with van der Waals surface area (Å²) in [5.41, 5.74) is 2.48. The van der Waals surface area contributed by atoms with Gasteiger partial charge in [0.1, 0.15) is 0 Å². The first-order valence-corrected chi connectivity index (χ1v) is 11.6. The number of hydrogen-bond acceptors (Lipinski definition) is 0. The molecular formula is C32H19Cl. The average Bonchev–Trinajstić information content (AvgIpc) is 2.87. The fraction of sp³-hybridized carbons (Fsp3) is 0. The van der Waals surface area contributed by atoms with Crippen molar-refractivity contribution in [1.29, 1.82) is 0 Å². The van der Waals surface area contributed by atoms with E-state index in [0.29, 0.717) is 0 Å². The van der Waals surface area contributed by atoms with Gasteiger partial charge in [-0.05, 0) is 89.3 Å². The summed E-state index contributed by atoms with van der Waals surface area (Å²) < 4.78 is 0. The van der Waals surface area contributed by atoms with Crippen LogP contribution >= 0.6 is 11.6 Å². The summed E-state index contributed by atoms with van der Waals surface area (Å²) in [6, 6.07) is 41.6. The smallest absolute Gasteiger partial charge is 0.0412 e. The lowest BCUT2D eigenvalue weighted by atomic mass is 9.88. The Bertz CT molecular complexity index is 1880. The number of rotatable bonds is 1. The molecule has 7 rings (SSSR count). The van der Waals surface area contributed by atoms with Crippen LogP contribution in [0.4, 0.5) is 0 Å². The molecule has 7 aromatic carbocycles. The summed E-state index contributed by atoms with van der Waals surface area (Å²) in [6.45, 7) is 0. The van der Waals surface area contributed by atoms with Crippen LogP contribution in [0.15, 0.2) is 115 Å². The number of fused-ring (bicyclic) bond motifs is 8. The maximum absolute atomic E-state index is 6.22. The van der Waals surface area contributed by atoms with E-state index in [4.69, 9.17) is 11.6 Å². The normalized spacial score (nSPS) is 11.8. The largest absolute Gasteiger partial charge is 0.0843 e. The standard InChI is InChI=1S/C32H19Cl/c33-26-15-13-22-17-25(12-11-23(22)18-26)30-19-24-6-2-4-8-28(24)32-29(30)16-14-21-10-9-20-5-1-3-7-27(20)31(21)32/h1-19H. The van der Waals surface area contributed by atoms with Crippen LogP contribution < -0.4 is 0 Å². The van der Waals surface area contributed by atoms with E-state index in [2.05, 4.69) is 103 Å². The van der Waals surface area contributed by atoms with Gasteiger partial charge in [-0.2, -0.15) is 0 Å². The number of hydrogen-bond donors (Lipinski definition) is 0. The monoisotopic (exact) mass is 438 g/mol. The van der Waals surface area contributed by atoms with Crippen LogP contribution in [0.2, 0.25) is 5.02 Å². The average molecular weight is 439 g/mol. The van der Waals surface area contributed by atoms with E-state index < -0.39 is 0 Å². The Hall–Kier alpha value is -3.87. The summed E-state index contributed by atoms with van der Waals surface area (Å²) in [6.07, 6.45) is 0. The molecule has 0 bridgehead atoms. The molecule has 7 aromatic rings. The van der Waals surface area contributed by atoms with E-state index in [-0.39, 0.29) is 0 Å². The van der Waals surface area contributed by atoms with Gasteiger partial charge in [-0.15, -0.1) is 0 Å². The Morgan fingerprint density at radius 3 is 1.91 bits per heavy atom. The molecule has 0 nitrogen and oxygen atoms in total. The van der Waals surface area contributed by atoms with Crippen LogP contribution in [0.3, 0.4) is 0 Å². The van der Waals surface area contributed by atoms with Crippen molar-refractivity contribution >= 4 is 65.5 Å².